The highest BCUT2D eigenvalue weighted by Gasteiger charge is 2.10. The van der Waals surface area contributed by atoms with Crippen LogP contribution in [-0.2, 0) is 0 Å². The third-order valence-electron chi connectivity index (χ3n) is 3.17. The fraction of sp³-hybridized carbons (Fsp3) is 0.250. The summed E-state index contributed by atoms with van der Waals surface area (Å²) in [5.74, 6) is 0. The minimum atomic E-state index is 0.341. The maximum Gasteiger partial charge on any atom is 0.0297 e. The third-order valence-corrected chi connectivity index (χ3v) is 3.70. The minimum Gasteiger partial charge on any atom is -0.304 e. The van der Waals surface area contributed by atoms with Crippen LogP contribution in [0.25, 0.3) is 0 Å². The Bertz CT molecular complexity index is 478. The molecule has 0 heterocycles. The van der Waals surface area contributed by atoms with E-state index < -0.39 is 0 Å². The van der Waals surface area contributed by atoms with Gasteiger partial charge < -0.3 is 5.32 Å². The van der Waals surface area contributed by atoms with Crippen molar-refractivity contribution in [1.82, 2.24) is 5.32 Å². The Morgan fingerprint density at radius 1 is 0.778 bits per heavy atom. The number of benzene rings is 2. The summed E-state index contributed by atoms with van der Waals surface area (Å²) < 4.78 is 1.12. The minimum absolute atomic E-state index is 0.341. The van der Waals surface area contributed by atoms with Gasteiger partial charge in [0.1, 0.15) is 0 Å². The SMILES string of the molecule is C[C@@H](N[C@H](C)c1ccc(Br)cc1)c1ccccc1. The molecule has 1 nitrogen and oxygen atoms in total. The topological polar surface area (TPSA) is 12.0 Å². The quantitative estimate of drug-likeness (QED) is 0.850. The summed E-state index contributed by atoms with van der Waals surface area (Å²) in [4.78, 5) is 0. The van der Waals surface area contributed by atoms with Gasteiger partial charge in [-0.2, -0.15) is 0 Å². The van der Waals surface area contributed by atoms with Crippen LogP contribution in [0.1, 0.15) is 37.1 Å². The first-order valence-corrected chi connectivity index (χ1v) is 7.02. The van der Waals surface area contributed by atoms with E-state index in [0.29, 0.717) is 12.1 Å². The van der Waals surface area contributed by atoms with Crippen molar-refractivity contribution >= 4 is 15.9 Å². The lowest BCUT2D eigenvalue weighted by Gasteiger charge is -2.20. The molecule has 0 bridgehead atoms. The predicted molar refractivity (Wildman–Crippen MR) is 80.5 cm³/mol. The van der Waals surface area contributed by atoms with Crippen molar-refractivity contribution in [1.29, 1.82) is 0 Å². The number of rotatable bonds is 4. The first-order chi connectivity index (χ1) is 8.66. The normalized spacial score (nSPS) is 14.2. The lowest BCUT2D eigenvalue weighted by molar-refractivity contribution is 0.494. The number of hydrogen-bond acceptors (Lipinski definition) is 1. The van der Waals surface area contributed by atoms with Gasteiger partial charge in [0.05, 0.1) is 0 Å². The zero-order valence-corrected chi connectivity index (χ0v) is 12.3. The molecule has 18 heavy (non-hydrogen) atoms. The average Bonchev–Trinajstić information content (AvgIpc) is 2.40. The Hall–Kier alpha value is -1.12. The highest BCUT2D eigenvalue weighted by molar-refractivity contribution is 9.10. The summed E-state index contributed by atoms with van der Waals surface area (Å²) in [5.41, 5.74) is 2.63. The number of nitrogens with one attached hydrogen (secondary N) is 1. The van der Waals surface area contributed by atoms with Gasteiger partial charge in [-0.1, -0.05) is 58.4 Å². The second-order valence-corrected chi connectivity index (χ2v) is 5.49. The van der Waals surface area contributed by atoms with Crippen molar-refractivity contribution in [3.8, 4) is 0 Å². The van der Waals surface area contributed by atoms with Gasteiger partial charge in [0.2, 0.25) is 0 Å². The molecule has 0 aliphatic heterocycles. The smallest absolute Gasteiger partial charge is 0.0297 e. The Morgan fingerprint density at radius 3 is 1.83 bits per heavy atom. The van der Waals surface area contributed by atoms with Crippen LogP contribution in [0.3, 0.4) is 0 Å². The second-order valence-electron chi connectivity index (χ2n) is 4.57. The van der Waals surface area contributed by atoms with Crippen molar-refractivity contribution in [2.45, 2.75) is 25.9 Å². The molecule has 0 saturated carbocycles. The molecular weight excluding hydrogens is 286 g/mol. The van der Waals surface area contributed by atoms with E-state index in [1.807, 2.05) is 6.07 Å². The van der Waals surface area contributed by atoms with E-state index >= 15 is 0 Å². The van der Waals surface area contributed by atoms with E-state index in [2.05, 4.69) is 83.6 Å². The van der Waals surface area contributed by atoms with E-state index in [0.717, 1.165) is 4.47 Å². The zero-order chi connectivity index (χ0) is 13.0. The van der Waals surface area contributed by atoms with Gasteiger partial charge in [-0.05, 0) is 37.1 Å². The molecule has 0 aliphatic rings. The maximum atomic E-state index is 3.62. The fourth-order valence-electron chi connectivity index (χ4n) is 2.06. The van der Waals surface area contributed by atoms with Crippen molar-refractivity contribution in [3.05, 3.63) is 70.2 Å². The first kappa shape index (κ1) is 13.3. The Labute approximate surface area is 117 Å². The zero-order valence-electron chi connectivity index (χ0n) is 10.7. The lowest BCUT2D eigenvalue weighted by Crippen LogP contribution is -2.22. The molecule has 2 aromatic rings. The highest BCUT2D eigenvalue weighted by atomic mass is 79.9. The molecule has 0 aliphatic carbocycles. The molecule has 0 spiro atoms. The molecule has 1 N–H and O–H groups in total. The van der Waals surface area contributed by atoms with Crippen LogP contribution in [0.15, 0.2) is 59.1 Å². The molecule has 2 rings (SSSR count). The van der Waals surface area contributed by atoms with Crippen molar-refractivity contribution in [2.75, 3.05) is 0 Å². The van der Waals surface area contributed by atoms with Crippen LogP contribution in [-0.4, -0.2) is 0 Å². The summed E-state index contributed by atoms with van der Waals surface area (Å²) in [6.45, 7) is 4.40. The van der Waals surface area contributed by atoms with E-state index in [9.17, 15) is 0 Å². The van der Waals surface area contributed by atoms with Crippen LogP contribution in [0.2, 0.25) is 0 Å². The summed E-state index contributed by atoms with van der Waals surface area (Å²) in [7, 11) is 0. The Kier molecular flexibility index (Phi) is 4.56. The van der Waals surface area contributed by atoms with Gasteiger partial charge in [-0.3, -0.25) is 0 Å². The Morgan fingerprint density at radius 2 is 1.28 bits per heavy atom. The lowest BCUT2D eigenvalue weighted by atomic mass is 10.0. The van der Waals surface area contributed by atoms with Crippen LogP contribution < -0.4 is 5.32 Å². The van der Waals surface area contributed by atoms with E-state index in [1.54, 1.807) is 0 Å². The molecule has 2 aromatic carbocycles. The molecule has 2 heteroatoms. The van der Waals surface area contributed by atoms with Gasteiger partial charge in [-0.15, -0.1) is 0 Å². The summed E-state index contributed by atoms with van der Waals surface area (Å²) in [6.07, 6.45) is 0. The van der Waals surface area contributed by atoms with Crippen molar-refractivity contribution in [2.24, 2.45) is 0 Å². The van der Waals surface area contributed by atoms with Crippen molar-refractivity contribution < 1.29 is 0 Å². The van der Waals surface area contributed by atoms with Crippen LogP contribution >= 0.6 is 15.9 Å². The monoisotopic (exact) mass is 303 g/mol. The van der Waals surface area contributed by atoms with E-state index in [-0.39, 0.29) is 0 Å². The van der Waals surface area contributed by atoms with Gasteiger partial charge in [0.25, 0.3) is 0 Å². The molecule has 0 radical (unpaired) electrons. The van der Waals surface area contributed by atoms with Gasteiger partial charge in [0.15, 0.2) is 0 Å². The molecule has 0 unspecified atom stereocenters. The predicted octanol–water partition coefficient (Wildman–Crippen LogP) is 4.86. The summed E-state index contributed by atoms with van der Waals surface area (Å²) in [6, 6.07) is 19.7. The average molecular weight is 304 g/mol. The number of halogens is 1. The summed E-state index contributed by atoms with van der Waals surface area (Å²) in [5, 5.41) is 3.62. The second kappa shape index (κ2) is 6.17. The highest BCUT2D eigenvalue weighted by Crippen LogP contribution is 2.20. The molecule has 94 valence electrons. The van der Waals surface area contributed by atoms with Crippen LogP contribution in [0, 0.1) is 0 Å². The van der Waals surface area contributed by atoms with Crippen molar-refractivity contribution in [3.63, 3.8) is 0 Å². The van der Waals surface area contributed by atoms with Gasteiger partial charge in [-0.25, -0.2) is 0 Å². The van der Waals surface area contributed by atoms with Crippen LogP contribution in [0.5, 0.6) is 0 Å². The maximum absolute atomic E-state index is 3.62. The Balaban J connectivity index is 2.03. The molecule has 0 amide bonds. The molecular formula is C16H18BrN. The molecule has 0 aromatic heterocycles. The fourth-order valence-corrected chi connectivity index (χ4v) is 2.32. The standard InChI is InChI=1S/C16H18BrN/c1-12(14-6-4-3-5-7-14)18-13(2)15-8-10-16(17)11-9-15/h3-13,18H,1-2H3/t12-,13-/m1/s1. The number of hydrogen-bond donors (Lipinski definition) is 1. The largest absolute Gasteiger partial charge is 0.304 e. The van der Waals surface area contributed by atoms with E-state index in [1.165, 1.54) is 11.1 Å². The third kappa shape index (κ3) is 3.44. The first-order valence-electron chi connectivity index (χ1n) is 6.23. The molecule has 2 atom stereocenters. The van der Waals surface area contributed by atoms with Crippen LogP contribution in [0.4, 0.5) is 0 Å². The molecule has 0 saturated heterocycles. The summed E-state index contributed by atoms with van der Waals surface area (Å²) >= 11 is 3.46. The molecule has 0 fully saturated rings. The van der Waals surface area contributed by atoms with Gasteiger partial charge >= 0.3 is 0 Å². The van der Waals surface area contributed by atoms with E-state index in [4.69, 9.17) is 0 Å². The van der Waals surface area contributed by atoms with Gasteiger partial charge in [0, 0.05) is 16.6 Å².